The number of nitrogens with one attached hydrogen (secondary N) is 1. The van der Waals surface area contributed by atoms with E-state index in [4.69, 9.17) is 5.73 Å². The average molecular weight is 252 g/mol. The molecule has 0 atom stereocenters. The lowest BCUT2D eigenvalue weighted by atomic mass is 9.91. The minimum Gasteiger partial charge on any atom is -0.397 e. The van der Waals surface area contributed by atoms with Crippen molar-refractivity contribution in [3.8, 4) is 0 Å². The van der Waals surface area contributed by atoms with E-state index in [1.807, 2.05) is 12.1 Å². The van der Waals surface area contributed by atoms with Gasteiger partial charge in [0.1, 0.15) is 0 Å². The minimum atomic E-state index is 0.803. The maximum absolute atomic E-state index is 6.04. The van der Waals surface area contributed by atoms with E-state index in [-0.39, 0.29) is 0 Å². The quantitative estimate of drug-likeness (QED) is 0.786. The Morgan fingerprint density at radius 3 is 2.58 bits per heavy atom. The lowest BCUT2D eigenvalue weighted by Crippen LogP contribution is -2.04. The summed E-state index contributed by atoms with van der Waals surface area (Å²) in [6.45, 7) is 2.08. The van der Waals surface area contributed by atoms with Crippen LogP contribution in [0.1, 0.15) is 29.5 Å². The Balaban J connectivity index is 1.91. The summed E-state index contributed by atoms with van der Waals surface area (Å²) in [7, 11) is 0. The standard InChI is InChI=1S/C17H20N2/c1-12-5-4-8-16(18)17(12)19-15-10-9-13-6-2-3-7-14(13)11-15/h4-5,8-11,19H,2-3,6-7,18H2,1H3. The molecule has 3 rings (SSSR count). The van der Waals surface area contributed by atoms with E-state index >= 15 is 0 Å². The third-order valence-corrected chi connectivity index (χ3v) is 3.92. The highest BCUT2D eigenvalue weighted by Crippen LogP contribution is 2.29. The molecule has 2 nitrogen and oxygen atoms in total. The van der Waals surface area contributed by atoms with Crippen LogP contribution in [-0.2, 0) is 12.8 Å². The van der Waals surface area contributed by atoms with Crippen LogP contribution in [0, 0.1) is 6.92 Å². The molecule has 0 heterocycles. The van der Waals surface area contributed by atoms with Gasteiger partial charge in [0.2, 0.25) is 0 Å². The van der Waals surface area contributed by atoms with Crippen LogP contribution in [0.2, 0.25) is 0 Å². The van der Waals surface area contributed by atoms with Crippen LogP contribution >= 0.6 is 0 Å². The second kappa shape index (κ2) is 4.96. The lowest BCUT2D eigenvalue weighted by molar-refractivity contribution is 0.686. The Kier molecular flexibility index (Phi) is 3.16. The third-order valence-electron chi connectivity index (χ3n) is 3.92. The number of nitrogens with two attached hydrogens (primary N) is 1. The van der Waals surface area contributed by atoms with E-state index in [9.17, 15) is 0 Å². The van der Waals surface area contributed by atoms with Crippen molar-refractivity contribution in [2.45, 2.75) is 32.6 Å². The Bertz CT molecular complexity index is 582. The number of aryl methyl sites for hydroxylation is 3. The fourth-order valence-corrected chi connectivity index (χ4v) is 2.82. The van der Waals surface area contributed by atoms with E-state index < -0.39 is 0 Å². The van der Waals surface area contributed by atoms with Gasteiger partial charge in [-0.1, -0.05) is 18.2 Å². The number of para-hydroxylation sites is 1. The molecule has 0 unspecified atom stereocenters. The Hall–Kier alpha value is -1.96. The van der Waals surface area contributed by atoms with Crippen molar-refractivity contribution in [1.82, 2.24) is 0 Å². The fourth-order valence-electron chi connectivity index (χ4n) is 2.82. The average Bonchev–Trinajstić information content (AvgIpc) is 2.43. The second-order valence-corrected chi connectivity index (χ2v) is 5.35. The molecule has 0 bridgehead atoms. The molecule has 0 aromatic heterocycles. The Labute approximate surface area is 114 Å². The Morgan fingerprint density at radius 2 is 1.79 bits per heavy atom. The van der Waals surface area contributed by atoms with Crippen LogP contribution in [0.4, 0.5) is 17.1 Å². The first-order chi connectivity index (χ1) is 9.24. The molecule has 0 saturated carbocycles. The van der Waals surface area contributed by atoms with E-state index in [1.165, 1.54) is 42.4 Å². The first-order valence-corrected chi connectivity index (χ1v) is 6.98. The molecular formula is C17H20N2. The molecule has 0 saturated heterocycles. The monoisotopic (exact) mass is 252 g/mol. The zero-order valence-corrected chi connectivity index (χ0v) is 11.4. The van der Waals surface area contributed by atoms with E-state index in [1.54, 1.807) is 0 Å². The number of anilines is 3. The van der Waals surface area contributed by atoms with Gasteiger partial charge in [-0.3, -0.25) is 0 Å². The molecule has 0 spiro atoms. The number of hydrogen-bond donors (Lipinski definition) is 2. The zero-order valence-electron chi connectivity index (χ0n) is 11.4. The predicted octanol–water partition coefficient (Wildman–Crippen LogP) is 4.20. The minimum absolute atomic E-state index is 0.803. The number of nitrogen functional groups attached to an aromatic ring is 1. The molecule has 0 amide bonds. The molecule has 3 N–H and O–H groups in total. The van der Waals surface area contributed by atoms with Crippen molar-refractivity contribution in [3.05, 3.63) is 53.1 Å². The predicted molar refractivity (Wildman–Crippen MR) is 82.0 cm³/mol. The van der Waals surface area contributed by atoms with Crippen LogP contribution in [0.15, 0.2) is 36.4 Å². The van der Waals surface area contributed by atoms with E-state index in [2.05, 4.69) is 36.5 Å². The summed E-state index contributed by atoms with van der Waals surface area (Å²) < 4.78 is 0. The fraction of sp³-hybridized carbons (Fsp3) is 0.294. The van der Waals surface area contributed by atoms with Gasteiger partial charge in [-0.05, 0) is 67.5 Å². The van der Waals surface area contributed by atoms with Gasteiger partial charge >= 0.3 is 0 Å². The zero-order chi connectivity index (χ0) is 13.2. The first kappa shape index (κ1) is 12.1. The molecule has 0 aliphatic heterocycles. The maximum Gasteiger partial charge on any atom is 0.0647 e. The summed E-state index contributed by atoms with van der Waals surface area (Å²) in [5.41, 5.74) is 13.2. The summed E-state index contributed by atoms with van der Waals surface area (Å²) >= 11 is 0. The molecular weight excluding hydrogens is 232 g/mol. The first-order valence-electron chi connectivity index (χ1n) is 6.98. The summed E-state index contributed by atoms with van der Waals surface area (Å²) in [6.07, 6.45) is 5.06. The lowest BCUT2D eigenvalue weighted by Gasteiger charge is -2.18. The SMILES string of the molecule is Cc1cccc(N)c1Nc1ccc2c(c1)CCCC2. The summed E-state index contributed by atoms with van der Waals surface area (Å²) in [6, 6.07) is 12.7. The molecule has 2 heteroatoms. The van der Waals surface area contributed by atoms with Gasteiger partial charge in [-0.2, -0.15) is 0 Å². The van der Waals surface area contributed by atoms with Crippen LogP contribution in [0.5, 0.6) is 0 Å². The third kappa shape index (κ3) is 2.43. The number of fused-ring (bicyclic) bond motifs is 1. The van der Waals surface area contributed by atoms with Gasteiger partial charge in [0.25, 0.3) is 0 Å². The number of benzene rings is 2. The summed E-state index contributed by atoms with van der Waals surface area (Å²) in [5.74, 6) is 0. The smallest absolute Gasteiger partial charge is 0.0647 e. The largest absolute Gasteiger partial charge is 0.397 e. The van der Waals surface area contributed by atoms with Crippen molar-refractivity contribution >= 4 is 17.1 Å². The summed E-state index contributed by atoms with van der Waals surface area (Å²) in [4.78, 5) is 0. The van der Waals surface area contributed by atoms with Gasteiger partial charge in [-0.15, -0.1) is 0 Å². The number of hydrogen-bond acceptors (Lipinski definition) is 2. The van der Waals surface area contributed by atoms with Crippen LogP contribution in [0.3, 0.4) is 0 Å². The van der Waals surface area contributed by atoms with Gasteiger partial charge in [-0.25, -0.2) is 0 Å². The highest BCUT2D eigenvalue weighted by Gasteiger charge is 2.10. The van der Waals surface area contributed by atoms with Crippen molar-refractivity contribution in [2.24, 2.45) is 0 Å². The topological polar surface area (TPSA) is 38.0 Å². The Morgan fingerprint density at radius 1 is 1.00 bits per heavy atom. The normalized spacial score (nSPS) is 13.9. The van der Waals surface area contributed by atoms with Gasteiger partial charge in [0.15, 0.2) is 0 Å². The van der Waals surface area contributed by atoms with Gasteiger partial charge < -0.3 is 11.1 Å². The molecule has 1 aliphatic rings. The second-order valence-electron chi connectivity index (χ2n) is 5.35. The van der Waals surface area contributed by atoms with Crippen molar-refractivity contribution in [3.63, 3.8) is 0 Å². The van der Waals surface area contributed by atoms with E-state index in [0.717, 1.165) is 17.1 Å². The number of rotatable bonds is 2. The highest BCUT2D eigenvalue weighted by atomic mass is 14.9. The summed E-state index contributed by atoms with van der Waals surface area (Å²) in [5, 5.41) is 3.47. The molecule has 2 aromatic rings. The van der Waals surface area contributed by atoms with Crippen molar-refractivity contribution in [2.75, 3.05) is 11.1 Å². The molecule has 0 radical (unpaired) electrons. The van der Waals surface area contributed by atoms with Crippen LogP contribution in [-0.4, -0.2) is 0 Å². The van der Waals surface area contributed by atoms with Crippen LogP contribution < -0.4 is 11.1 Å². The molecule has 0 fully saturated rings. The van der Waals surface area contributed by atoms with Crippen molar-refractivity contribution in [1.29, 1.82) is 0 Å². The van der Waals surface area contributed by atoms with Gasteiger partial charge in [0.05, 0.1) is 11.4 Å². The van der Waals surface area contributed by atoms with Gasteiger partial charge in [0, 0.05) is 5.69 Å². The van der Waals surface area contributed by atoms with Crippen molar-refractivity contribution < 1.29 is 0 Å². The molecule has 98 valence electrons. The highest BCUT2D eigenvalue weighted by molar-refractivity contribution is 5.75. The van der Waals surface area contributed by atoms with Crippen LogP contribution in [0.25, 0.3) is 0 Å². The molecule has 2 aromatic carbocycles. The maximum atomic E-state index is 6.04. The molecule has 1 aliphatic carbocycles. The molecule has 19 heavy (non-hydrogen) atoms. The van der Waals surface area contributed by atoms with E-state index in [0.29, 0.717) is 0 Å².